The highest BCUT2D eigenvalue weighted by Crippen LogP contribution is 2.09. The van der Waals surface area contributed by atoms with E-state index in [9.17, 15) is 0 Å². The van der Waals surface area contributed by atoms with Gasteiger partial charge in [-0.15, -0.1) is 0 Å². The third-order valence-electron chi connectivity index (χ3n) is 2.79. The summed E-state index contributed by atoms with van der Waals surface area (Å²) in [6.45, 7) is 6.54. The van der Waals surface area contributed by atoms with Gasteiger partial charge in [-0.2, -0.15) is 0 Å². The SMILES string of the molecule is CCCCN(C)CCCCC(C)(N)CO. The number of nitrogens with zero attached hydrogens (tertiary/aromatic N) is 1. The number of hydrogen-bond acceptors (Lipinski definition) is 3. The molecule has 0 amide bonds. The van der Waals surface area contributed by atoms with Crippen LogP contribution < -0.4 is 5.73 Å². The van der Waals surface area contributed by atoms with E-state index in [2.05, 4.69) is 18.9 Å². The summed E-state index contributed by atoms with van der Waals surface area (Å²) in [5, 5.41) is 8.98. The highest BCUT2D eigenvalue weighted by atomic mass is 16.3. The Bertz CT molecular complexity index is 149. The van der Waals surface area contributed by atoms with Crippen molar-refractivity contribution in [1.29, 1.82) is 0 Å². The predicted molar refractivity (Wildman–Crippen MR) is 65.9 cm³/mol. The van der Waals surface area contributed by atoms with Crippen molar-refractivity contribution in [3.8, 4) is 0 Å². The number of aliphatic hydroxyl groups excluding tert-OH is 1. The first-order chi connectivity index (χ1) is 7.02. The Labute approximate surface area is 94.6 Å². The second-order valence-corrected chi connectivity index (χ2v) is 4.93. The molecular formula is C12H28N2O. The van der Waals surface area contributed by atoms with Gasteiger partial charge in [0.2, 0.25) is 0 Å². The van der Waals surface area contributed by atoms with Gasteiger partial charge in [-0.3, -0.25) is 0 Å². The van der Waals surface area contributed by atoms with Crippen molar-refractivity contribution in [2.24, 2.45) is 5.73 Å². The van der Waals surface area contributed by atoms with Crippen LogP contribution in [-0.4, -0.2) is 42.3 Å². The first kappa shape index (κ1) is 14.9. The molecule has 0 aliphatic heterocycles. The van der Waals surface area contributed by atoms with Gasteiger partial charge in [0.05, 0.1) is 6.61 Å². The monoisotopic (exact) mass is 216 g/mol. The van der Waals surface area contributed by atoms with Crippen molar-refractivity contribution in [2.75, 3.05) is 26.7 Å². The average Bonchev–Trinajstić information content (AvgIpc) is 2.21. The number of hydrogen-bond donors (Lipinski definition) is 2. The molecular weight excluding hydrogens is 188 g/mol. The summed E-state index contributed by atoms with van der Waals surface area (Å²) in [7, 11) is 2.17. The Hall–Kier alpha value is -0.120. The van der Waals surface area contributed by atoms with E-state index in [0.29, 0.717) is 0 Å². The molecule has 0 saturated carbocycles. The minimum Gasteiger partial charge on any atom is -0.394 e. The minimum absolute atomic E-state index is 0.0820. The summed E-state index contributed by atoms with van der Waals surface area (Å²) >= 11 is 0. The van der Waals surface area contributed by atoms with Gasteiger partial charge in [0.25, 0.3) is 0 Å². The largest absolute Gasteiger partial charge is 0.394 e. The molecule has 0 rings (SSSR count). The molecule has 0 bridgehead atoms. The van der Waals surface area contributed by atoms with Crippen LogP contribution >= 0.6 is 0 Å². The van der Waals surface area contributed by atoms with Gasteiger partial charge < -0.3 is 15.7 Å². The molecule has 0 aromatic carbocycles. The fraction of sp³-hybridized carbons (Fsp3) is 1.00. The highest BCUT2D eigenvalue weighted by Gasteiger charge is 2.15. The van der Waals surface area contributed by atoms with E-state index in [1.807, 2.05) is 6.92 Å². The molecule has 3 N–H and O–H groups in total. The lowest BCUT2D eigenvalue weighted by atomic mass is 9.97. The fourth-order valence-corrected chi connectivity index (χ4v) is 1.53. The van der Waals surface area contributed by atoms with Crippen molar-refractivity contribution in [1.82, 2.24) is 4.90 Å². The molecule has 1 unspecified atom stereocenters. The van der Waals surface area contributed by atoms with Gasteiger partial charge in [0.15, 0.2) is 0 Å². The van der Waals surface area contributed by atoms with Crippen LogP contribution in [0.1, 0.15) is 46.0 Å². The summed E-state index contributed by atoms with van der Waals surface area (Å²) in [5.41, 5.74) is 5.46. The van der Waals surface area contributed by atoms with Crippen LogP contribution in [0.3, 0.4) is 0 Å². The number of rotatable bonds is 9. The summed E-state index contributed by atoms with van der Waals surface area (Å²) in [5.74, 6) is 0. The van der Waals surface area contributed by atoms with Gasteiger partial charge in [-0.25, -0.2) is 0 Å². The Kier molecular flexibility index (Phi) is 8.02. The lowest BCUT2D eigenvalue weighted by molar-refractivity contribution is 0.195. The Morgan fingerprint density at radius 1 is 1.20 bits per heavy atom. The van der Waals surface area contributed by atoms with E-state index in [1.165, 1.54) is 25.8 Å². The van der Waals surface area contributed by atoms with Crippen molar-refractivity contribution in [2.45, 2.75) is 51.5 Å². The third-order valence-corrected chi connectivity index (χ3v) is 2.79. The third kappa shape index (κ3) is 8.85. The van der Waals surface area contributed by atoms with E-state index in [0.717, 1.165) is 19.4 Å². The van der Waals surface area contributed by atoms with Crippen LogP contribution in [0.4, 0.5) is 0 Å². The molecule has 0 aliphatic carbocycles. The van der Waals surface area contributed by atoms with Crippen LogP contribution in [-0.2, 0) is 0 Å². The molecule has 0 aromatic rings. The number of nitrogens with two attached hydrogens (primary N) is 1. The minimum atomic E-state index is -0.387. The topological polar surface area (TPSA) is 49.5 Å². The standard InChI is InChI=1S/C12H28N2O/c1-4-5-9-14(3)10-7-6-8-12(2,13)11-15/h15H,4-11,13H2,1-3H3. The zero-order valence-corrected chi connectivity index (χ0v) is 10.6. The van der Waals surface area contributed by atoms with Crippen LogP contribution in [0.25, 0.3) is 0 Å². The Morgan fingerprint density at radius 3 is 2.33 bits per heavy atom. The fourth-order valence-electron chi connectivity index (χ4n) is 1.53. The Morgan fingerprint density at radius 2 is 1.80 bits per heavy atom. The second-order valence-electron chi connectivity index (χ2n) is 4.93. The molecule has 1 atom stereocenters. The molecule has 92 valence electrons. The normalized spacial score (nSPS) is 15.6. The summed E-state index contributed by atoms with van der Waals surface area (Å²) < 4.78 is 0. The molecule has 3 nitrogen and oxygen atoms in total. The predicted octanol–water partition coefficient (Wildman–Crippen LogP) is 1.60. The van der Waals surface area contributed by atoms with E-state index in [4.69, 9.17) is 10.8 Å². The first-order valence-electron chi connectivity index (χ1n) is 6.10. The smallest absolute Gasteiger partial charge is 0.0608 e. The Balaban J connectivity index is 3.37. The lowest BCUT2D eigenvalue weighted by Crippen LogP contribution is -2.40. The molecule has 0 aromatic heterocycles. The molecule has 0 spiro atoms. The van der Waals surface area contributed by atoms with Gasteiger partial charge >= 0.3 is 0 Å². The van der Waals surface area contributed by atoms with Crippen molar-refractivity contribution < 1.29 is 5.11 Å². The zero-order chi connectivity index (χ0) is 11.7. The quantitative estimate of drug-likeness (QED) is 0.576. The molecule has 0 radical (unpaired) electrons. The average molecular weight is 216 g/mol. The maximum atomic E-state index is 8.98. The molecule has 0 aliphatic rings. The maximum absolute atomic E-state index is 8.98. The molecule has 0 saturated heterocycles. The maximum Gasteiger partial charge on any atom is 0.0608 e. The van der Waals surface area contributed by atoms with Crippen LogP contribution in [0.2, 0.25) is 0 Å². The number of aliphatic hydroxyl groups is 1. The molecule has 0 fully saturated rings. The van der Waals surface area contributed by atoms with Crippen LogP contribution in [0, 0.1) is 0 Å². The lowest BCUT2D eigenvalue weighted by Gasteiger charge is -2.22. The van der Waals surface area contributed by atoms with Crippen molar-refractivity contribution >= 4 is 0 Å². The summed E-state index contributed by atoms with van der Waals surface area (Å²) in [6.07, 6.45) is 5.72. The highest BCUT2D eigenvalue weighted by molar-refractivity contribution is 4.76. The zero-order valence-electron chi connectivity index (χ0n) is 10.6. The molecule has 3 heteroatoms. The first-order valence-corrected chi connectivity index (χ1v) is 6.10. The van der Waals surface area contributed by atoms with Crippen molar-refractivity contribution in [3.05, 3.63) is 0 Å². The van der Waals surface area contributed by atoms with E-state index in [-0.39, 0.29) is 12.1 Å². The van der Waals surface area contributed by atoms with Crippen LogP contribution in [0.15, 0.2) is 0 Å². The van der Waals surface area contributed by atoms with Gasteiger partial charge in [-0.1, -0.05) is 19.8 Å². The van der Waals surface area contributed by atoms with Gasteiger partial charge in [0, 0.05) is 5.54 Å². The summed E-state index contributed by atoms with van der Waals surface area (Å²) in [6, 6.07) is 0. The second kappa shape index (κ2) is 8.08. The number of unbranched alkanes of at least 4 members (excludes halogenated alkanes) is 2. The summed E-state index contributed by atoms with van der Waals surface area (Å²) in [4.78, 5) is 2.37. The van der Waals surface area contributed by atoms with Gasteiger partial charge in [-0.05, 0) is 46.3 Å². The molecule has 0 heterocycles. The van der Waals surface area contributed by atoms with E-state index < -0.39 is 0 Å². The van der Waals surface area contributed by atoms with Crippen molar-refractivity contribution in [3.63, 3.8) is 0 Å². The van der Waals surface area contributed by atoms with E-state index >= 15 is 0 Å². The van der Waals surface area contributed by atoms with Gasteiger partial charge in [0.1, 0.15) is 0 Å². The van der Waals surface area contributed by atoms with Crippen LogP contribution in [0.5, 0.6) is 0 Å². The van der Waals surface area contributed by atoms with E-state index in [1.54, 1.807) is 0 Å². The molecule has 15 heavy (non-hydrogen) atoms.